The van der Waals surface area contributed by atoms with Gasteiger partial charge in [-0.1, -0.05) is 0 Å². The first-order valence-corrected chi connectivity index (χ1v) is 9.91. The monoisotopic (exact) mass is 352 g/mol. The number of guanidine groups is 1. The summed E-state index contributed by atoms with van der Waals surface area (Å²) in [5.74, 6) is 3.02. The van der Waals surface area contributed by atoms with Gasteiger partial charge in [-0.3, -0.25) is 9.79 Å². The fraction of sp³-hybridized carbons (Fsp3) is 0.647. The number of nitrogens with two attached hydrogens (primary N) is 1. The van der Waals surface area contributed by atoms with E-state index >= 15 is 0 Å². The molecule has 0 aromatic carbocycles. The predicted octanol–water partition coefficient (Wildman–Crippen LogP) is 1.72. The molecule has 2 heterocycles. The van der Waals surface area contributed by atoms with Crippen molar-refractivity contribution in [1.29, 1.82) is 0 Å². The zero-order valence-corrected chi connectivity index (χ0v) is 15.2. The van der Waals surface area contributed by atoms with Crippen molar-refractivity contribution < 1.29 is 9.21 Å². The van der Waals surface area contributed by atoms with Crippen molar-refractivity contribution in [3.8, 4) is 0 Å². The molecule has 1 fully saturated rings. The first kappa shape index (κ1) is 18.7. The Morgan fingerprint density at radius 2 is 2.46 bits per heavy atom. The fourth-order valence-electron chi connectivity index (χ4n) is 2.97. The van der Waals surface area contributed by atoms with E-state index in [4.69, 9.17) is 15.1 Å². The van der Waals surface area contributed by atoms with Crippen LogP contribution in [0, 0.1) is 5.92 Å². The van der Waals surface area contributed by atoms with Gasteiger partial charge in [0.1, 0.15) is 5.76 Å². The summed E-state index contributed by atoms with van der Waals surface area (Å²) in [7, 11) is 0. The maximum atomic E-state index is 11.2. The molecular formula is C17H28N4O2S. The normalized spacial score (nSPS) is 18.6. The van der Waals surface area contributed by atoms with Crippen molar-refractivity contribution in [1.82, 2.24) is 10.2 Å². The third kappa shape index (κ3) is 6.47. The Balaban J connectivity index is 1.90. The Morgan fingerprint density at radius 3 is 3.17 bits per heavy atom. The van der Waals surface area contributed by atoms with E-state index in [0.29, 0.717) is 12.3 Å². The average molecular weight is 353 g/mol. The fourth-order valence-corrected chi connectivity index (χ4v) is 3.25. The number of carbonyl (C=O) groups excluding carboxylic acids is 1. The van der Waals surface area contributed by atoms with E-state index in [9.17, 15) is 4.79 Å². The number of primary amides is 1. The lowest BCUT2D eigenvalue weighted by molar-refractivity contribution is -0.119. The highest BCUT2D eigenvalue weighted by atomic mass is 32.2. The number of likely N-dealkylation sites (tertiary alicyclic amines) is 1. The van der Waals surface area contributed by atoms with E-state index in [0.717, 1.165) is 62.9 Å². The number of carbonyl (C=O) groups is 1. The number of hydrogen-bond donors (Lipinski definition) is 2. The highest BCUT2D eigenvalue weighted by molar-refractivity contribution is 7.98. The smallest absolute Gasteiger partial charge is 0.217 e. The van der Waals surface area contributed by atoms with Crippen LogP contribution in [0.2, 0.25) is 0 Å². The van der Waals surface area contributed by atoms with Crippen LogP contribution >= 0.6 is 11.8 Å². The van der Waals surface area contributed by atoms with E-state index in [1.165, 1.54) is 0 Å². The first-order valence-electron chi connectivity index (χ1n) is 8.52. The first-order chi connectivity index (χ1) is 11.7. The van der Waals surface area contributed by atoms with Gasteiger partial charge in [-0.05, 0) is 37.1 Å². The lowest BCUT2D eigenvalue weighted by Gasteiger charge is -2.34. The highest BCUT2D eigenvalue weighted by Gasteiger charge is 2.23. The lowest BCUT2D eigenvalue weighted by Crippen LogP contribution is -2.47. The van der Waals surface area contributed by atoms with Crippen molar-refractivity contribution in [3.63, 3.8) is 0 Å². The molecule has 134 valence electrons. The van der Waals surface area contributed by atoms with Crippen LogP contribution in [0.1, 0.15) is 25.0 Å². The summed E-state index contributed by atoms with van der Waals surface area (Å²) in [5, 5.41) is 3.45. The Bertz CT molecular complexity index is 519. The summed E-state index contributed by atoms with van der Waals surface area (Å²) in [6, 6.07) is 3.89. The van der Waals surface area contributed by atoms with Gasteiger partial charge in [0.2, 0.25) is 5.91 Å². The summed E-state index contributed by atoms with van der Waals surface area (Å²) in [5.41, 5.74) is 5.36. The third-order valence-electron chi connectivity index (χ3n) is 4.10. The minimum atomic E-state index is -0.214. The van der Waals surface area contributed by atoms with Gasteiger partial charge >= 0.3 is 0 Å². The van der Waals surface area contributed by atoms with Crippen molar-refractivity contribution in [2.45, 2.75) is 25.7 Å². The van der Waals surface area contributed by atoms with Crippen LogP contribution in [0.5, 0.6) is 0 Å². The van der Waals surface area contributed by atoms with Crippen molar-refractivity contribution in [2.24, 2.45) is 16.6 Å². The van der Waals surface area contributed by atoms with Gasteiger partial charge in [0.15, 0.2) is 5.96 Å². The van der Waals surface area contributed by atoms with Crippen molar-refractivity contribution in [2.75, 3.05) is 38.2 Å². The predicted molar refractivity (Wildman–Crippen MR) is 99.2 cm³/mol. The number of nitrogens with zero attached hydrogens (tertiary/aromatic N) is 2. The minimum Gasteiger partial charge on any atom is -0.469 e. The molecule has 1 aliphatic heterocycles. The van der Waals surface area contributed by atoms with Gasteiger partial charge in [0.25, 0.3) is 0 Å². The molecule has 1 aromatic rings. The summed E-state index contributed by atoms with van der Waals surface area (Å²) in [6.07, 6.45) is 7.20. The van der Waals surface area contributed by atoms with E-state index in [1.54, 1.807) is 18.0 Å². The summed E-state index contributed by atoms with van der Waals surface area (Å²) in [4.78, 5) is 18.2. The number of aliphatic imine (C=N–C) groups is 1. The molecule has 0 spiro atoms. The Kier molecular flexibility index (Phi) is 8.01. The quantitative estimate of drug-likeness (QED) is 0.423. The van der Waals surface area contributed by atoms with Crippen LogP contribution < -0.4 is 11.1 Å². The molecule has 0 saturated carbocycles. The Labute approximate surface area is 148 Å². The van der Waals surface area contributed by atoms with Crippen LogP contribution in [0.4, 0.5) is 0 Å². The number of rotatable bonds is 8. The second-order valence-corrected chi connectivity index (χ2v) is 7.06. The number of hydrogen-bond acceptors (Lipinski definition) is 4. The molecule has 1 atom stereocenters. The molecule has 3 N–H and O–H groups in total. The van der Waals surface area contributed by atoms with Crippen LogP contribution in [-0.4, -0.2) is 55.0 Å². The van der Waals surface area contributed by atoms with E-state index in [2.05, 4.69) is 16.5 Å². The molecule has 0 bridgehead atoms. The Morgan fingerprint density at radius 1 is 1.58 bits per heavy atom. The molecule has 1 unspecified atom stereocenters. The molecule has 0 aliphatic carbocycles. The average Bonchev–Trinajstić information content (AvgIpc) is 3.06. The minimum absolute atomic E-state index is 0.214. The molecule has 24 heavy (non-hydrogen) atoms. The second-order valence-electron chi connectivity index (χ2n) is 6.08. The van der Waals surface area contributed by atoms with E-state index < -0.39 is 0 Å². The van der Waals surface area contributed by atoms with Crippen molar-refractivity contribution >= 4 is 23.6 Å². The highest BCUT2D eigenvalue weighted by Crippen LogP contribution is 2.19. The second kappa shape index (κ2) is 10.3. The molecule has 1 aromatic heterocycles. The third-order valence-corrected chi connectivity index (χ3v) is 4.69. The molecule has 1 amide bonds. The molecule has 1 saturated heterocycles. The molecule has 0 radical (unpaired) electrons. The van der Waals surface area contributed by atoms with E-state index in [-0.39, 0.29) is 5.91 Å². The number of nitrogens with one attached hydrogen (secondary N) is 1. The topological polar surface area (TPSA) is 83.9 Å². The number of thioether (sulfide) groups is 1. The zero-order chi connectivity index (χ0) is 17.2. The van der Waals surface area contributed by atoms with Gasteiger partial charge in [0, 0.05) is 38.2 Å². The van der Waals surface area contributed by atoms with Gasteiger partial charge in [-0.15, -0.1) is 0 Å². The number of amides is 1. The molecule has 6 nitrogen and oxygen atoms in total. The van der Waals surface area contributed by atoms with Crippen molar-refractivity contribution in [3.05, 3.63) is 24.2 Å². The lowest BCUT2D eigenvalue weighted by atomic mass is 9.95. The van der Waals surface area contributed by atoms with Gasteiger partial charge in [-0.25, -0.2) is 0 Å². The SMILES string of the molecule is CSCCN=C(NCCc1ccco1)N1CCCC(CC(N)=O)C1. The summed E-state index contributed by atoms with van der Waals surface area (Å²) >= 11 is 1.79. The Hall–Kier alpha value is -1.63. The van der Waals surface area contributed by atoms with Gasteiger partial charge in [0.05, 0.1) is 12.8 Å². The van der Waals surface area contributed by atoms with Crippen LogP contribution in [-0.2, 0) is 11.2 Å². The van der Waals surface area contributed by atoms with Gasteiger partial charge in [-0.2, -0.15) is 11.8 Å². The van der Waals surface area contributed by atoms with Crippen LogP contribution in [0.3, 0.4) is 0 Å². The van der Waals surface area contributed by atoms with Gasteiger partial charge < -0.3 is 20.4 Å². The maximum Gasteiger partial charge on any atom is 0.217 e. The van der Waals surface area contributed by atoms with Crippen LogP contribution in [0.25, 0.3) is 0 Å². The summed E-state index contributed by atoms with van der Waals surface area (Å²) in [6.45, 7) is 3.39. The molecule has 2 rings (SSSR count). The standard InChI is InChI=1S/C17H28N4O2S/c1-24-11-8-20-17(19-7-6-15-5-3-10-23-15)21-9-2-4-14(13-21)12-16(18)22/h3,5,10,14H,2,4,6-9,11-13H2,1H3,(H2,18,22)(H,19,20). The molecule has 7 heteroatoms. The van der Waals surface area contributed by atoms with E-state index in [1.807, 2.05) is 12.1 Å². The molecule has 1 aliphatic rings. The number of piperidine rings is 1. The molecular weight excluding hydrogens is 324 g/mol. The largest absolute Gasteiger partial charge is 0.469 e. The zero-order valence-electron chi connectivity index (χ0n) is 14.4. The van der Waals surface area contributed by atoms with Crippen LogP contribution in [0.15, 0.2) is 27.8 Å². The maximum absolute atomic E-state index is 11.2. The summed E-state index contributed by atoms with van der Waals surface area (Å²) < 4.78 is 5.37. The number of furan rings is 1.